The largest absolute Gasteiger partial charge is 0.465 e. The van der Waals surface area contributed by atoms with Gasteiger partial charge in [-0.05, 0) is 13.8 Å². The third kappa shape index (κ3) is 3.47. The normalized spacial score (nSPS) is 17.9. The molecule has 0 rings (SSSR count). The number of carbonyl (C=O) groups excluding carboxylic acids is 2. The van der Waals surface area contributed by atoms with Gasteiger partial charge in [0.2, 0.25) is 0 Å². The minimum Gasteiger partial charge on any atom is -0.465 e. The highest BCUT2D eigenvalue weighted by Gasteiger charge is 2.39. The van der Waals surface area contributed by atoms with Gasteiger partial charge in [0, 0.05) is 14.2 Å². The summed E-state index contributed by atoms with van der Waals surface area (Å²) in [4.78, 5) is 22.9. The van der Waals surface area contributed by atoms with Crippen molar-refractivity contribution in [3.63, 3.8) is 0 Å². The van der Waals surface area contributed by atoms with E-state index in [1.54, 1.807) is 0 Å². The number of hydrogen-bond acceptors (Lipinski definition) is 8. The van der Waals surface area contributed by atoms with Gasteiger partial charge in [0.25, 0.3) is 11.4 Å². The van der Waals surface area contributed by atoms with Gasteiger partial charge in [0.15, 0.2) is 0 Å². The van der Waals surface area contributed by atoms with Crippen molar-refractivity contribution in [2.45, 2.75) is 25.3 Å². The third-order valence-corrected chi connectivity index (χ3v) is 2.35. The second-order valence-corrected chi connectivity index (χ2v) is 3.56. The van der Waals surface area contributed by atoms with Crippen molar-refractivity contribution < 1.29 is 28.5 Å². The van der Waals surface area contributed by atoms with Gasteiger partial charge in [-0.15, -0.1) is 10.2 Å². The molecule has 0 saturated heterocycles. The Kier molecular flexibility index (Phi) is 5.86. The fraction of sp³-hybridized carbons (Fsp3) is 0.800. The highest BCUT2D eigenvalue weighted by Crippen LogP contribution is 2.20. The van der Waals surface area contributed by atoms with Crippen LogP contribution in [-0.4, -0.2) is 51.8 Å². The Balaban J connectivity index is 5.20. The average molecular weight is 262 g/mol. The molecule has 2 unspecified atom stereocenters. The molecule has 0 aromatic rings. The van der Waals surface area contributed by atoms with Crippen molar-refractivity contribution in [2.24, 2.45) is 10.2 Å². The molecule has 0 bridgehead atoms. The third-order valence-electron chi connectivity index (χ3n) is 2.35. The van der Waals surface area contributed by atoms with Crippen LogP contribution in [0.1, 0.15) is 13.8 Å². The minimum absolute atomic E-state index is 0.753. The fourth-order valence-electron chi connectivity index (χ4n) is 0.900. The lowest BCUT2D eigenvalue weighted by atomic mass is 10.2. The van der Waals surface area contributed by atoms with Crippen LogP contribution in [0.2, 0.25) is 0 Å². The lowest BCUT2D eigenvalue weighted by Crippen LogP contribution is -2.40. The summed E-state index contributed by atoms with van der Waals surface area (Å²) in [5, 5.41) is 7.32. The van der Waals surface area contributed by atoms with E-state index in [1.807, 2.05) is 0 Å². The zero-order valence-corrected chi connectivity index (χ0v) is 11.3. The molecule has 8 nitrogen and oxygen atoms in total. The zero-order chi connectivity index (χ0) is 14.4. The summed E-state index contributed by atoms with van der Waals surface area (Å²) in [5.74, 6) is -1.51. The molecular weight excluding hydrogens is 244 g/mol. The Morgan fingerprint density at radius 3 is 1.22 bits per heavy atom. The van der Waals surface area contributed by atoms with Crippen LogP contribution in [0.4, 0.5) is 0 Å². The van der Waals surface area contributed by atoms with E-state index in [0.29, 0.717) is 0 Å². The van der Waals surface area contributed by atoms with Gasteiger partial charge >= 0.3 is 11.9 Å². The first-order chi connectivity index (χ1) is 8.29. The van der Waals surface area contributed by atoms with Gasteiger partial charge in [-0.2, -0.15) is 0 Å². The van der Waals surface area contributed by atoms with Gasteiger partial charge in [0.05, 0.1) is 14.2 Å². The Hall–Kier alpha value is -1.54. The molecule has 8 heteroatoms. The van der Waals surface area contributed by atoms with Gasteiger partial charge in [-0.1, -0.05) is 0 Å². The maximum absolute atomic E-state index is 11.5. The summed E-state index contributed by atoms with van der Waals surface area (Å²) >= 11 is 0. The Morgan fingerprint density at radius 2 is 1.06 bits per heavy atom. The lowest BCUT2D eigenvalue weighted by molar-refractivity contribution is -0.169. The predicted molar refractivity (Wildman–Crippen MR) is 59.7 cm³/mol. The Morgan fingerprint density at radius 1 is 0.778 bits per heavy atom. The highest BCUT2D eigenvalue weighted by atomic mass is 16.6. The molecule has 2 atom stereocenters. The van der Waals surface area contributed by atoms with Crippen molar-refractivity contribution in [2.75, 3.05) is 28.4 Å². The Labute approximate surface area is 105 Å². The van der Waals surface area contributed by atoms with Gasteiger partial charge < -0.3 is 18.9 Å². The minimum atomic E-state index is -1.65. The summed E-state index contributed by atoms with van der Waals surface area (Å²) in [6.07, 6.45) is 0. The number of methoxy groups -OCH3 is 4. The van der Waals surface area contributed by atoms with Crippen LogP contribution in [0.15, 0.2) is 10.2 Å². The van der Waals surface area contributed by atoms with Crippen LogP contribution >= 0.6 is 0 Å². The van der Waals surface area contributed by atoms with Gasteiger partial charge in [0.1, 0.15) is 0 Å². The first-order valence-corrected chi connectivity index (χ1v) is 5.00. The van der Waals surface area contributed by atoms with E-state index in [2.05, 4.69) is 19.7 Å². The molecular formula is C10H18N2O6. The first kappa shape index (κ1) is 16.5. The van der Waals surface area contributed by atoms with Crippen molar-refractivity contribution in [1.29, 1.82) is 0 Å². The number of azo groups is 1. The summed E-state index contributed by atoms with van der Waals surface area (Å²) in [5.41, 5.74) is -3.30. The zero-order valence-electron chi connectivity index (χ0n) is 11.3. The predicted octanol–water partition coefficient (Wildman–Crippen LogP) is 0.510. The molecule has 0 N–H and O–H groups in total. The van der Waals surface area contributed by atoms with Crippen LogP contribution < -0.4 is 0 Å². The molecule has 0 aromatic heterocycles. The van der Waals surface area contributed by atoms with E-state index in [9.17, 15) is 9.59 Å². The summed E-state index contributed by atoms with van der Waals surface area (Å²) in [6.45, 7) is 2.69. The molecule has 0 heterocycles. The van der Waals surface area contributed by atoms with E-state index >= 15 is 0 Å². The van der Waals surface area contributed by atoms with E-state index in [0.717, 1.165) is 0 Å². The van der Waals surface area contributed by atoms with E-state index in [-0.39, 0.29) is 0 Å². The van der Waals surface area contributed by atoms with E-state index in [4.69, 9.17) is 9.47 Å². The standard InChI is InChI=1S/C10H18N2O6/c1-9(17-5,7(13)15-3)11-12-10(2,18-6)8(14)16-4/h1-6H3. The van der Waals surface area contributed by atoms with E-state index < -0.39 is 23.4 Å². The molecule has 0 aliphatic carbocycles. The second-order valence-electron chi connectivity index (χ2n) is 3.56. The topological polar surface area (TPSA) is 95.8 Å². The lowest BCUT2D eigenvalue weighted by Gasteiger charge is -2.23. The van der Waals surface area contributed by atoms with Gasteiger partial charge in [-0.25, -0.2) is 9.59 Å². The van der Waals surface area contributed by atoms with Crippen LogP contribution in [0.3, 0.4) is 0 Å². The van der Waals surface area contributed by atoms with Crippen LogP contribution in [-0.2, 0) is 28.5 Å². The molecule has 0 aromatic carbocycles. The maximum atomic E-state index is 11.5. The molecule has 104 valence electrons. The average Bonchev–Trinajstić information content (AvgIpc) is 2.42. The molecule has 0 radical (unpaired) electrons. The molecule has 0 spiro atoms. The first-order valence-electron chi connectivity index (χ1n) is 5.00. The molecule has 0 aliphatic heterocycles. The van der Waals surface area contributed by atoms with Crippen molar-refractivity contribution in [1.82, 2.24) is 0 Å². The number of esters is 2. The van der Waals surface area contributed by atoms with E-state index in [1.165, 1.54) is 42.3 Å². The molecule has 0 amide bonds. The van der Waals surface area contributed by atoms with Gasteiger partial charge in [-0.3, -0.25) is 0 Å². The molecule has 18 heavy (non-hydrogen) atoms. The number of ether oxygens (including phenoxy) is 4. The van der Waals surface area contributed by atoms with Crippen LogP contribution in [0.25, 0.3) is 0 Å². The van der Waals surface area contributed by atoms with Crippen molar-refractivity contribution in [3.8, 4) is 0 Å². The second kappa shape index (κ2) is 6.41. The molecule has 0 fully saturated rings. The number of rotatable bonds is 6. The number of hydrogen-bond donors (Lipinski definition) is 0. The quantitative estimate of drug-likeness (QED) is 0.511. The smallest absolute Gasteiger partial charge is 0.362 e. The molecule has 0 aliphatic rings. The SMILES string of the molecule is COC(=O)C(C)(N=NC(C)(OC)C(=O)OC)OC. The molecule has 0 saturated carbocycles. The summed E-state index contributed by atoms with van der Waals surface area (Å²) in [6, 6.07) is 0. The summed E-state index contributed by atoms with van der Waals surface area (Å²) in [7, 11) is 4.90. The Bertz CT molecular complexity index is 313. The van der Waals surface area contributed by atoms with Crippen molar-refractivity contribution in [3.05, 3.63) is 0 Å². The summed E-state index contributed by atoms with van der Waals surface area (Å²) < 4.78 is 18.8. The van der Waals surface area contributed by atoms with Crippen molar-refractivity contribution >= 4 is 11.9 Å². The number of carbonyl (C=O) groups is 2. The highest BCUT2D eigenvalue weighted by molar-refractivity contribution is 5.79. The number of nitrogens with zero attached hydrogens (tertiary/aromatic N) is 2. The van der Waals surface area contributed by atoms with Crippen LogP contribution in [0.5, 0.6) is 0 Å². The van der Waals surface area contributed by atoms with Crippen LogP contribution in [0, 0.1) is 0 Å². The fourth-order valence-corrected chi connectivity index (χ4v) is 0.900. The monoisotopic (exact) mass is 262 g/mol. The maximum Gasteiger partial charge on any atom is 0.362 e.